The molecule has 0 unspecified atom stereocenters. The number of hydrogen-bond donors (Lipinski definition) is 1. The highest BCUT2D eigenvalue weighted by Gasteiger charge is 2.20. The van der Waals surface area contributed by atoms with E-state index in [1.165, 1.54) is 58.3 Å². The summed E-state index contributed by atoms with van der Waals surface area (Å²) in [6.07, 6.45) is 6.89. The molecule has 0 aliphatic carbocycles. The molecule has 1 rings (SSSR count). The van der Waals surface area contributed by atoms with Crippen LogP contribution in [0, 0.1) is 11.8 Å². The summed E-state index contributed by atoms with van der Waals surface area (Å²) in [4.78, 5) is 2.69. The molecule has 0 aromatic heterocycles. The molecule has 1 saturated heterocycles. The average molecular weight is 226 g/mol. The minimum atomic E-state index is 0.925. The fraction of sp³-hybridized carbons (Fsp3) is 1.00. The van der Waals surface area contributed by atoms with Crippen LogP contribution in [0.4, 0.5) is 0 Å². The maximum Gasteiger partial charge on any atom is 0.000946 e. The van der Waals surface area contributed by atoms with Crippen LogP contribution >= 0.6 is 0 Å². The Bertz CT molecular complexity index is 158. The largest absolute Gasteiger partial charge is 0.320 e. The van der Waals surface area contributed by atoms with Crippen LogP contribution in [0.5, 0.6) is 0 Å². The molecule has 0 spiro atoms. The molecule has 1 aliphatic heterocycles. The lowest BCUT2D eigenvalue weighted by Gasteiger charge is -2.34. The molecule has 0 radical (unpaired) electrons. The Morgan fingerprint density at radius 2 is 1.81 bits per heavy atom. The number of hydrogen-bond acceptors (Lipinski definition) is 2. The van der Waals surface area contributed by atoms with Crippen molar-refractivity contribution in [2.24, 2.45) is 11.8 Å². The van der Waals surface area contributed by atoms with E-state index >= 15 is 0 Å². The van der Waals surface area contributed by atoms with Gasteiger partial charge in [0, 0.05) is 6.54 Å². The maximum atomic E-state index is 3.26. The minimum absolute atomic E-state index is 0.925. The van der Waals surface area contributed by atoms with Crippen LogP contribution in [-0.2, 0) is 0 Å². The third kappa shape index (κ3) is 4.84. The van der Waals surface area contributed by atoms with Gasteiger partial charge in [-0.1, -0.05) is 26.7 Å². The van der Waals surface area contributed by atoms with Gasteiger partial charge in [-0.15, -0.1) is 0 Å². The molecular weight excluding hydrogens is 196 g/mol. The molecule has 0 aromatic carbocycles. The summed E-state index contributed by atoms with van der Waals surface area (Å²) in [7, 11) is 2.06. The number of likely N-dealkylation sites (tertiary alicyclic amines) is 1. The molecular formula is C14H30N2. The van der Waals surface area contributed by atoms with Gasteiger partial charge >= 0.3 is 0 Å². The second-order valence-corrected chi connectivity index (χ2v) is 5.32. The van der Waals surface area contributed by atoms with Crippen molar-refractivity contribution >= 4 is 0 Å². The molecule has 1 fully saturated rings. The van der Waals surface area contributed by atoms with Gasteiger partial charge in [0.1, 0.15) is 0 Å². The highest BCUT2D eigenvalue weighted by Crippen LogP contribution is 2.21. The lowest BCUT2D eigenvalue weighted by atomic mass is 9.92. The van der Waals surface area contributed by atoms with Crippen LogP contribution in [0.15, 0.2) is 0 Å². The van der Waals surface area contributed by atoms with E-state index in [0.717, 1.165) is 11.8 Å². The fourth-order valence-electron chi connectivity index (χ4n) is 2.72. The van der Waals surface area contributed by atoms with Gasteiger partial charge in [-0.2, -0.15) is 0 Å². The standard InChI is InChI=1S/C14H30N2/c1-4-13(5-2)12-16-10-7-14(8-11-16)6-9-15-3/h13-15H,4-12H2,1-3H3. The molecule has 0 aromatic rings. The summed E-state index contributed by atoms with van der Waals surface area (Å²) in [5, 5.41) is 3.26. The highest BCUT2D eigenvalue weighted by molar-refractivity contribution is 4.74. The predicted octanol–water partition coefficient (Wildman–Crippen LogP) is 2.74. The van der Waals surface area contributed by atoms with Crippen LogP contribution in [0.3, 0.4) is 0 Å². The Morgan fingerprint density at radius 3 is 2.31 bits per heavy atom. The van der Waals surface area contributed by atoms with Crippen molar-refractivity contribution in [1.29, 1.82) is 0 Å². The average Bonchev–Trinajstić information content (AvgIpc) is 2.35. The van der Waals surface area contributed by atoms with Crippen LogP contribution in [0.2, 0.25) is 0 Å². The third-order valence-corrected chi connectivity index (χ3v) is 4.18. The Kier molecular flexibility index (Phi) is 7.06. The Labute approximate surface area is 102 Å². The van der Waals surface area contributed by atoms with Crippen molar-refractivity contribution < 1.29 is 0 Å². The van der Waals surface area contributed by atoms with Crippen molar-refractivity contribution in [3.63, 3.8) is 0 Å². The van der Waals surface area contributed by atoms with Crippen LogP contribution in [0.25, 0.3) is 0 Å². The zero-order valence-electron chi connectivity index (χ0n) is 11.5. The van der Waals surface area contributed by atoms with Gasteiger partial charge in [-0.05, 0) is 57.8 Å². The van der Waals surface area contributed by atoms with Gasteiger partial charge in [-0.3, -0.25) is 0 Å². The molecule has 1 aliphatic rings. The number of rotatable bonds is 7. The van der Waals surface area contributed by atoms with Crippen molar-refractivity contribution in [1.82, 2.24) is 10.2 Å². The summed E-state index contributed by atoms with van der Waals surface area (Å²) in [6, 6.07) is 0. The predicted molar refractivity (Wildman–Crippen MR) is 71.8 cm³/mol. The van der Waals surface area contributed by atoms with Gasteiger partial charge in [0.15, 0.2) is 0 Å². The Balaban J connectivity index is 2.16. The molecule has 0 atom stereocenters. The van der Waals surface area contributed by atoms with Crippen LogP contribution in [0.1, 0.15) is 46.0 Å². The minimum Gasteiger partial charge on any atom is -0.320 e. The van der Waals surface area contributed by atoms with Crippen molar-refractivity contribution in [3.05, 3.63) is 0 Å². The molecule has 0 saturated carbocycles. The fourth-order valence-corrected chi connectivity index (χ4v) is 2.72. The molecule has 0 bridgehead atoms. The molecule has 2 nitrogen and oxygen atoms in total. The zero-order chi connectivity index (χ0) is 11.8. The Hall–Kier alpha value is -0.0800. The van der Waals surface area contributed by atoms with Crippen molar-refractivity contribution in [3.8, 4) is 0 Å². The third-order valence-electron chi connectivity index (χ3n) is 4.18. The first-order valence-electron chi connectivity index (χ1n) is 7.17. The van der Waals surface area contributed by atoms with E-state index in [-0.39, 0.29) is 0 Å². The second-order valence-electron chi connectivity index (χ2n) is 5.32. The molecule has 0 amide bonds. The van der Waals surface area contributed by atoms with Crippen molar-refractivity contribution in [2.45, 2.75) is 46.0 Å². The zero-order valence-corrected chi connectivity index (χ0v) is 11.5. The normalized spacial score (nSPS) is 19.5. The second kappa shape index (κ2) is 8.08. The van der Waals surface area contributed by atoms with E-state index in [1.54, 1.807) is 0 Å². The topological polar surface area (TPSA) is 15.3 Å². The molecule has 1 N–H and O–H groups in total. The van der Waals surface area contributed by atoms with Crippen molar-refractivity contribution in [2.75, 3.05) is 33.2 Å². The molecule has 16 heavy (non-hydrogen) atoms. The van der Waals surface area contributed by atoms with E-state index < -0.39 is 0 Å². The first kappa shape index (κ1) is 14.0. The van der Waals surface area contributed by atoms with Gasteiger partial charge in [0.05, 0.1) is 0 Å². The van der Waals surface area contributed by atoms with E-state index in [9.17, 15) is 0 Å². The van der Waals surface area contributed by atoms with E-state index in [2.05, 4.69) is 31.1 Å². The summed E-state index contributed by atoms with van der Waals surface area (Å²) >= 11 is 0. The smallest absolute Gasteiger partial charge is 0.000946 e. The number of piperidine rings is 1. The first-order chi connectivity index (χ1) is 7.80. The van der Waals surface area contributed by atoms with Gasteiger partial charge in [0.25, 0.3) is 0 Å². The quantitative estimate of drug-likeness (QED) is 0.718. The summed E-state index contributed by atoms with van der Waals surface area (Å²) in [5.74, 6) is 1.90. The van der Waals surface area contributed by atoms with Crippen LogP contribution < -0.4 is 5.32 Å². The number of nitrogens with zero attached hydrogens (tertiary/aromatic N) is 1. The molecule has 2 heteroatoms. The van der Waals surface area contributed by atoms with E-state index in [1.807, 2.05) is 0 Å². The van der Waals surface area contributed by atoms with Gasteiger partial charge in [-0.25, -0.2) is 0 Å². The molecule has 96 valence electrons. The summed E-state index contributed by atoms with van der Waals surface area (Å²) in [5.41, 5.74) is 0. The monoisotopic (exact) mass is 226 g/mol. The van der Waals surface area contributed by atoms with E-state index in [4.69, 9.17) is 0 Å². The SMILES string of the molecule is CCC(CC)CN1CCC(CCNC)CC1. The first-order valence-corrected chi connectivity index (χ1v) is 7.17. The van der Waals surface area contributed by atoms with Crippen LogP contribution in [-0.4, -0.2) is 38.1 Å². The highest BCUT2D eigenvalue weighted by atomic mass is 15.1. The molecule has 1 heterocycles. The summed E-state index contributed by atoms with van der Waals surface area (Å²) < 4.78 is 0. The van der Waals surface area contributed by atoms with E-state index in [0.29, 0.717) is 0 Å². The summed E-state index contributed by atoms with van der Waals surface area (Å²) in [6.45, 7) is 9.86. The van der Waals surface area contributed by atoms with Gasteiger partial charge < -0.3 is 10.2 Å². The maximum absolute atomic E-state index is 3.26. The Morgan fingerprint density at radius 1 is 1.19 bits per heavy atom. The van der Waals surface area contributed by atoms with Gasteiger partial charge in [0.2, 0.25) is 0 Å². The number of nitrogens with one attached hydrogen (secondary N) is 1. The lowest BCUT2D eigenvalue weighted by molar-refractivity contribution is 0.153. The lowest BCUT2D eigenvalue weighted by Crippen LogP contribution is -2.37.